The fourth-order valence-electron chi connectivity index (χ4n) is 9.68. The van der Waals surface area contributed by atoms with Gasteiger partial charge in [-0.1, -0.05) is 45.9 Å². The molecule has 5 rings (SSSR count). The normalized spacial score (nSPS) is 54.9. The van der Waals surface area contributed by atoms with Crippen LogP contribution in [0.25, 0.3) is 0 Å². The maximum atomic E-state index is 13.0. The van der Waals surface area contributed by atoms with Gasteiger partial charge in [-0.2, -0.15) is 0 Å². The molecule has 4 fully saturated rings. The molecule has 28 heavy (non-hydrogen) atoms. The molecule has 0 aliphatic heterocycles. The summed E-state index contributed by atoms with van der Waals surface area (Å²) < 4.78 is 0. The summed E-state index contributed by atoms with van der Waals surface area (Å²) in [5, 5.41) is 0. The van der Waals surface area contributed by atoms with Crippen molar-refractivity contribution in [2.75, 3.05) is 14.1 Å². The van der Waals surface area contributed by atoms with Crippen LogP contribution < -0.4 is 0 Å². The van der Waals surface area contributed by atoms with E-state index in [0.29, 0.717) is 39.9 Å². The Labute approximate surface area is 171 Å². The van der Waals surface area contributed by atoms with Gasteiger partial charge >= 0.3 is 0 Å². The number of allylic oxidation sites excluding steroid dienone is 4. The molecule has 0 aromatic heterocycles. The standard InChI is InChI=1S/C26H39NO/c1-8-17-18(28)15-24(5)20-10-9-19-22(2,3)21(27(6)7)11-12-25(19)16-26(20,25)14-13-23(17,24)4/h8-10,19-21H,11-16H2,1-7H3/b17-8-/t19-,20+,21-,23-,24+,25+,26-/m1/s1. The van der Waals surface area contributed by atoms with Gasteiger partial charge < -0.3 is 4.90 Å². The third kappa shape index (κ3) is 1.80. The van der Waals surface area contributed by atoms with Crippen LogP contribution in [0.15, 0.2) is 23.8 Å². The Morgan fingerprint density at radius 1 is 1.00 bits per heavy atom. The molecule has 0 saturated heterocycles. The fourth-order valence-corrected chi connectivity index (χ4v) is 9.68. The maximum absolute atomic E-state index is 13.0. The number of Topliss-reactive ketones (excluding diaryl/α,β-unsaturated/α-hetero) is 1. The number of carbonyl (C=O) groups excluding carboxylic acids is 1. The minimum atomic E-state index is 0.0616. The van der Waals surface area contributed by atoms with Crippen molar-refractivity contribution in [3.63, 3.8) is 0 Å². The van der Waals surface area contributed by atoms with Crippen LogP contribution in [-0.4, -0.2) is 30.8 Å². The topological polar surface area (TPSA) is 20.3 Å². The smallest absolute Gasteiger partial charge is 0.159 e. The van der Waals surface area contributed by atoms with Gasteiger partial charge in [-0.25, -0.2) is 0 Å². The van der Waals surface area contributed by atoms with Crippen LogP contribution in [0.3, 0.4) is 0 Å². The fraction of sp³-hybridized carbons (Fsp3) is 0.808. The second kappa shape index (κ2) is 5.23. The van der Waals surface area contributed by atoms with Crippen LogP contribution in [0.2, 0.25) is 0 Å². The van der Waals surface area contributed by atoms with Gasteiger partial charge in [0.2, 0.25) is 0 Å². The van der Waals surface area contributed by atoms with Crippen molar-refractivity contribution in [2.45, 2.75) is 79.2 Å². The zero-order valence-electron chi connectivity index (χ0n) is 19.1. The molecule has 0 N–H and O–H groups in total. The highest BCUT2D eigenvalue weighted by molar-refractivity contribution is 6.00. The number of rotatable bonds is 1. The first-order valence-corrected chi connectivity index (χ1v) is 11.5. The van der Waals surface area contributed by atoms with Crippen molar-refractivity contribution in [3.8, 4) is 0 Å². The third-order valence-electron chi connectivity index (χ3n) is 11.1. The molecular weight excluding hydrogens is 342 g/mol. The maximum Gasteiger partial charge on any atom is 0.159 e. The first-order chi connectivity index (χ1) is 13.0. The van der Waals surface area contributed by atoms with Crippen molar-refractivity contribution >= 4 is 5.78 Å². The van der Waals surface area contributed by atoms with Gasteiger partial charge in [-0.15, -0.1) is 0 Å². The lowest BCUT2D eigenvalue weighted by molar-refractivity contribution is -0.116. The van der Waals surface area contributed by atoms with E-state index >= 15 is 0 Å². The summed E-state index contributed by atoms with van der Waals surface area (Å²) in [7, 11) is 4.52. The molecule has 0 heterocycles. The lowest BCUT2D eigenvalue weighted by Gasteiger charge is -2.60. The van der Waals surface area contributed by atoms with E-state index in [4.69, 9.17) is 0 Å². The summed E-state index contributed by atoms with van der Waals surface area (Å²) in [6.07, 6.45) is 14.7. The van der Waals surface area contributed by atoms with Crippen LogP contribution in [0.4, 0.5) is 0 Å². The molecular formula is C26H39NO. The number of ketones is 1. The van der Waals surface area contributed by atoms with Crippen molar-refractivity contribution in [1.29, 1.82) is 0 Å². The highest BCUT2D eigenvalue weighted by Gasteiger charge is 2.81. The van der Waals surface area contributed by atoms with E-state index in [2.05, 4.69) is 71.8 Å². The zero-order chi connectivity index (χ0) is 20.3. The highest BCUT2D eigenvalue weighted by atomic mass is 16.1. The van der Waals surface area contributed by atoms with Gasteiger partial charge in [0.15, 0.2) is 5.78 Å². The van der Waals surface area contributed by atoms with E-state index < -0.39 is 0 Å². The predicted molar refractivity (Wildman–Crippen MR) is 115 cm³/mol. The van der Waals surface area contributed by atoms with Crippen molar-refractivity contribution in [2.24, 2.45) is 38.9 Å². The first kappa shape index (κ1) is 19.1. The van der Waals surface area contributed by atoms with Crippen molar-refractivity contribution < 1.29 is 4.79 Å². The molecule has 4 saturated carbocycles. The second-order valence-corrected chi connectivity index (χ2v) is 12.2. The molecule has 0 bridgehead atoms. The lowest BCUT2D eigenvalue weighted by atomic mass is 9.44. The Balaban J connectivity index is 1.60. The predicted octanol–water partition coefficient (Wildman–Crippen LogP) is 5.64. The molecule has 0 aromatic carbocycles. The summed E-state index contributed by atoms with van der Waals surface area (Å²) in [6, 6.07) is 0.661. The van der Waals surface area contributed by atoms with Crippen LogP contribution >= 0.6 is 0 Å². The Morgan fingerprint density at radius 2 is 1.64 bits per heavy atom. The van der Waals surface area contributed by atoms with E-state index in [-0.39, 0.29) is 10.8 Å². The Kier molecular flexibility index (Phi) is 3.57. The number of hydrogen-bond donors (Lipinski definition) is 0. The Hall–Kier alpha value is -0.890. The van der Waals surface area contributed by atoms with Crippen molar-refractivity contribution in [3.05, 3.63) is 23.8 Å². The molecule has 5 aliphatic rings. The number of carbonyl (C=O) groups is 1. The Bertz CT molecular complexity index is 805. The molecule has 2 heteroatoms. The third-order valence-corrected chi connectivity index (χ3v) is 11.1. The summed E-state index contributed by atoms with van der Waals surface area (Å²) in [5.74, 6) is 1.68. The summed E-state index contributed by atoms with van der Waals surface area (Å²) in [5.41, 5.74) is 2.55. The molecule has 0 amide bonds. The summed E-state index contributed by atoms with van der Waals surface area (Å²) >= 11 is 0. The lowest BCUT2D eigenvalue weighted by Crippen LogP contribution is -2.57. The molecule has 2 nitrogen and oxygen atoms in total. The van der Waals surface area contributed by atoms with Crippen LogP contribution in [0, 0.1) is 38.9 Å². The van der Waals surface area contributed by atoms with Crippen LogP contribution in [0.1, 0.15) is 73.1 Å². The Morgan fingerprint density at radius 3 is 2.29 bits per heavy atom. The molecule has 7 atom stereocenters. The zero-order valence-corrected chi connectivity index (χ0v) is 19.1. The first-order valence-electron chi connectivity index (χ1n) is 11.5. The minimum Gasteiger partial charge on any atom is -0.306 e. The van der Waals surface area contributed by atoms with E-state index in [1.807, 2.05) is 0 Å². The summed E-state index contributed by atoms with van der Waals surface area (Å²) in [6.45, 7) is 12.0. The van der Waals surface area contributed by atoms with Gasteiger partial charge in [-0.3, -0.25) is 4.79 Å². The number of hydrogen-bond acceptors (Lipinski definition) is 2. The van der Waals surface area contributed by atoms with E-state index in [9.17, 15) is 4.79 Å². The van der Waals surface area contributed by atoms with Gasteiger partial charge in [0.1, 0.15) is 0 Å². The minimum absolute atomic E-state index is 0.0616. The quantitative estimate of drug-likeness (QED) is 0.433. The number of fused-ring (bicyclic) bond motifs is 2. The van der Waals surface area contributed by atoms with E-state index in [1.165, 1.54) is 32.1 Å². The van der Waals surface area contributed by atoms with Gasteiger partial charge in [0.05, 0.1) is 0 Å². The monoisotopic (exact) mass is 381 g/mol. The molecule has 0 radical (unpaired) electrons. The van der Waals surface area contributed by atoms with E-state index in [1.54, 1.807) is 0 Å². The average Bonchev–Trinajstić information content (AvgIpc) is 3.20. The number of nitrogens with zero attached hydrogens (tertiary/aromatic N) is 1. The molecule has 5 aliphatic carbocycles. The molecule has 2 spiro atoms. The van der Waals surface area contributed by atoms with E-state index in [0.717, 1.165) is 12.0 Å². The van der Waals surface area contributed by atoms with Gasteiger partial charge in [0, 0.05) is 17.9 Å². The summed E-state index contributed by atoms with van der Waals surface area (Å²) in [4.78, 5) is 15.4. The van der Waals surface area contributed by atoms with Crippen LogP contribution in [-0.2, 0) is 4.79 Å². The molecule has 0 unspecified atom stereocenters. The van der Waals surface area contributed by atoms with Crippen LogP contribution in [0.5, 0.6) is 0 Å². The highest BCUT2D eigenvalue weighted by Crippen LogP contribution is 2.87. The van der Waals surface area contributed by atoms with Gasteiger partial charge in [0.25, 0.3) is 0 Å². The van der Waals surface area contributed by atoms with Crippen molar-refractivity contribution in [1.82, 2.24) is 4.90 Å². The average molecular weight is 382 g/mol. The van der Waals surface area contributed by atoms with Gasteiger partial charge in [-0.05, 0) is 92.2 Å². The second-order valence-electron chi connectivity index (χ2n) is 12.2. The molecule has 154 valence electrons. The largest absolute Gasteiger partial charge is 0.306 e. The SMILES string of the molecule is C/C=C1/C(=O)C[C@@]2(C)[C@@H]3C=C[C@@H]4C(C)(C)[C@H](N(C)C)CC[C@]45C[C@]35CC[C@]12C. The molecule has 0 aromatic rings.